The number of primary amides is 1. The van der Waals surface area contributed by atoms with Crippen molar-refractivity contribution < 1.29 is 23.9 Å². The quantitative estimate of drug-likeness (QED) is 0.365. The van der Waals surface area contributed by atoms with Crippen LogP contribution in [0, 0.1) is 0 Å². The minimum atomic E-state index is -1.00. The van der Waals surface area contributed by atoms with Crippen molar-refractivity contribution >= 4 is 52.0 Å². The summed E-state index contributed by atoms with van der Waals surface area (Å²) >= 11 is 2.12. The van der Waals surface area contributed by atoms with Crippen molar-refractivity contribution in [1.82, 2.24) is 9.69 Å². The largest absolute Gasteiger partial charge is 0.494 e. The average molecular weight is 530 g/mol. The molecule has 0 saturated carbocycles. The Morgan fingerprint density at radius 1 is 1.28 bits per heavy atom. The Labute approximate surface area is 216 Å². The van der Waals surface area contributed by atoms with E-state index in [1.807, 2.05) is 18.4 Å². The van der Waals surface area contributed by atoms with Gasteiger partial charge in [-0.15, -0.1) is 11.3 Å². The van der Waals surface area contributed by atoms with E-state index in [9.17, 15) is 14.4 Å². The van der Waals surface area contributed by atoms with E-state index in [1.54, 1.807) is 30.3 Å². The molecule has 12 heteroatoms. The predicted molar refractivity (Wildman–Crippen MR) is 139 cm³/mol. The fourth-order valence-electron chi connectivity index (χ4n) is 3.93. The van der Waals surface area contributed by atoms with Crippen molar-refractivity contribution in [3.8, 4) is 5.75 Å². The number of hydrogen-bond acceptors (Lipinski definition) is 9. The summed E-state index contributed by atoms with van der Waals surface area (Å²) in [6, 6.07) is 9.44. The molecule has 1 aliphatic heterocycles. The van der Waals surface area contributed by atoms with Crippen LogP contribution in [0.5, 0.6) is 5.75 Å². The first-order chi connectivity index (χ1) is 17.4. The van der Waals surface area contributed by atoms with E-state index in [1.165, 1.54) is 16.2 Å². The maximum atomic E-state index is 13.9. The number of aromatic nitrogens is 1. The Morgan fingerprint density at radius 2 is 2.06 bits per heavy atom. The second-order valence-electron chi connectivity index (χ2n) is 8.04. The van der Waals surface area contributed by atoms with E-state index >= 15 is 0 Å². The van der Waals surface area contributed by atoms with E-state index in [0.717, 1.165) is 24.4 Å². The van der Waals surface area contributed by atoms with Crippen molar-refractivity contribution in [3.63, 3.8) is 0 Å². The van der Waals surface area contributed by atoms with Gasteiger partial charge in [-0.25, -0.2) is 0 Å². The molecule has 2 aromatic heterocycles. The Balaban J connectivity index is 1.75. The first-order valence-electron chi connectivity index (χ1n) is 11.4. The van der Waals surface area contributed by atoms with Crippen LogP contribution in [0.3, 0.4) is 0 Å². The molecule has 0 unspecified atom stereocenters. The minimum Gasteiger partial charge on any atom is -0.494 e. The summed E-state index contributed by atoms with van der Waals surface area (Å²) in [5.74, 6) is -1.15. The van der Waals surface area contributed by atoms with Gasteiger partial charge < -0.3 is 26.3 Å². The highest BCUT2D eigenvalue weighted by Gasteiger charge is 2.37. The third kappa shape index (κ3) is 5.50. The molecule has 0 radical (unpaired) electrons. The highest BCUT2D eigenvalue weighted by molar-refractivity contribution is 7.10. The second-order valence-corrected chi connectivity index (χ2v) is 9.79. The molecule has 4 rings (SSSR count). The minimum absolute atomic E-state index is 0.0196. The molecule has 0 aliphatic carbocycles. The predicted octanol–water partition coefficient (Wildman–Crippen LogP) is 2.97. The molecule has 3 amide bonds. The van der Waals surface area contributed by atoms with Crippen molar-refractivity contribution in [2.75, 3.05) is 30.4 Å². The smallest absolute Gasteiger partial charge is 0.273 e. The Bertz CT molecular complexity index is 1210. The first-order valence-corrected chi connectivity index (χ1v) is 13.1. The number of benzene rings is 1. The van der Waals surface area contributed by atoms with Crippen molar-refractivity contribution in [2.24, 2.45) is 5.73 Å². The summed E-state index contributed by atoms with van der Waals surface area (Å²) in [6.45, 7) is 3.36. The van der Waals surface area contributed by atoms with Crippen LogP contribution in [-0.2, 0) is 9.53 Å². The maximum absolute atomic E-state index is 13.9. The number of nitrogens with one attached hydrogen (secondary N) is 1. The molecule has 1 fully saturated rings. The van der Waals surface area contributed by atoms with Crippen LogP contribution in [0.1, 0.15) is 50.8 Å². The molecule has 190 valence electrons. The number of amides is 3. The molecule has 0 spiro atoms. The topological polar surface area (TPSA) is 150 Å². The van der Waals surface area contributed by atoms with Crippen LogP contribution in [0.2, 0.25) is 0 Å². The zero-order valence-electron chi connectivity index (χ0n) is 19.6. The number of rotatable bonds is 10. The molecule has 36 heavy (non-hydrogen) atoms. The van der Waals surface area contributed by atoms with Crippen LogP contribution in [0.4, 0.5) is 11.4 Å². The van der Waals surface area contributed by atoms with Gasteiger partial charge in [0.15, 0.2) is 11.7 Å². The summed E-state index contributed by atoms with van der Waals surface area (Å²) < 4.78 is 15.1. The Kier molecular flexibility index (Phi) is 8.18. The van der Waals surface area contributed by atoms with Crippen LogP contribution in [-0.4, -0.2) is 48.0 Å². The van der Waals surface area contributed by atoms with E-state index in [0.29, 0.717) is 36.1 Å². The van der Waals surface area contributed by atoms with Crippen LogP contribution >= 0.6 is 22.9 Å². The number of nitrogens with zero attached hydrogens (tertiary/aromatic N) is 2. The van der Waals surface area contributed by atoms with Crippen LogP contribution in [0.15, 0.2) is 41.8 Å². The maximum Gasteiger partial charge on any atom is 0.273 e. The van der Waals surface area contributed by atoms with Gasteiger partial charge in [0.1, 0.15) is 10.6 Å². The summed E-state index contributed by atoms with van der Waals surface area (Å²) in [5.41, 5.74) is 11.6. The van der Waals surface area contributed by atoms with Gasteiger partial charge in [0, 0.05) is 23.7 Å². The lowest BCUT2D eigenvalue weighted by Crippen LogP contribution is -2.45. The van der Waals surface area contributed by atoms with Crippen molar-refractivity contribution in [3.05, 3.63) is 57.2 Å². The van der Waals surface area contributed by atoms with Gasteiger partial charge in [-0.1, -0.05) is 6.07 Å². The molecule has 0 bridgehead atoms. The molecule has 5 N–H and O–H groups in total. The molecule has 2 atom stereocenters. The lowest BCUT2D eigenvalue weighted by molar-refractivity contribution is -0.122. The highest BCUT2D eigenvalue weighted by Crippen LogP contribution is 2.35. The third-order valence-electron chi connectivity index (χ3n) is 5.65. The molecule has 1 aromatic carbocycles. The van der Waals surface area contributed by atoms with E-state index in [2.05, 4.69) is 9.69 Å². The monoisotopic (exact) mass is 529 g/mol. The molecule has 1 aliphatic rings. The lowest BCUT2D eigenvalue weighted by Gasteiger charge is -2.30. The normalized spacial score (nSPS) is 15.9. The van der Waals surface area contributed by atoms with E-state index in [4.69, 9.17) is 20.9 Å². The molecule has 3 heterocycles. The SMILES string of the molecule is CCOc1ccc(N(C(=O)c2snc(C(N)=O)c2N)[C@H](C(=O)NC[C@@H]2CCCO2)c2cccs2)cc1. The van der Waals surface area contributed by atoms with Gasteiger partial charge in [0.05, 0.1) is 18.4 Å². The van der Waals surface area contributed by atoms with Crippen molar-refractivity contribution in [1.29, 1.82) is 0 Å². The number of hydrogen-bond donors (Lipinski definition) is 3. The zero-order valence-corrected chi connectivity index (χ0v) is 21.3. The van der Waals surface area contributed by atoms with Gasteiger partial charge in [0.2, 0.25) is 5.91 Å². The fraction of sp³-hybridized carbons (Fsp3) is 0.333. The van der Waals surface area contributed by atoms with Gasteiger partial charge in [0.25, 0.3) is 11.8 Å². The number of anilines is 2. The van der Waals surface area contributed by atoms with Crippen LogP contribution < -0.4 is 26.4 Å². The molecule has 3 aromatic rings. The van der Waals surface area contributed by atoms with E-state index < -0.39 is 17.9 Å². The zero-order chi connectivity index (χ0) is 25.7. The lowest BCUT2D eigenvalue weighted by atomic mass is 10.1. The van der Waals surface area contributed by atoms with Gasteiger partial charge in [-0.05, 0) is 67.0 Å². The van der Waals surface area contributed by atoms with Crippen molar-refractivity contribution in [2.45, 2.75) is 31.9 Å². The summed E-state index contributed by atoms with van der Waals surface area (Å²) in [7, 11) is 0. The summed E-state index contributed by atoms with van der Waals surface area (Å²) in [4.78, 5) is 41.3. The van der Waals surface area contributed by atoms with E-state index in [-0.39, 0.29) is 28.3 Å². The van der Waals surface area contributed by atoms with Gasteiger partial charge in [-0.2, -0.15) is 4.37 Å². The Hall–Kier alpha value is -3.48. The first kappa shape index (κ1) is 25.6. The third-order valence-corrected chi connectivity index (χ3v) is 7.42. The summed E-state index contributed by atoms with van der Waals surface area (Å²) in [5, 5.41) is 4.78. The van der Waals surface area contributed by atoms with Gasteiger partial charge >= 0.3 is 0 Å². The number of thiophene rings is 1. The fourth-order valence-corrected chi connectivity index (χ4v) is 5.48. The average Bonchev–Trinajstić information content (AvgIpc) is 3.64. The Morgan fingerprint density at radius 3 is 2.64 bits per heavy atom. The number of nitrogen functional groups attached to an aromatic ring is 1. The van der Waals surface area contributed by atoms with Crippen LogP contribution in [0.25, 0.3) is 0 Å². The summed E-state index contributed by atoms with van der Waals surface area (Å²) in [6.07, 6.45) is 1.74. The molecular formula is C24H27N5O5S2. The molecular weight excluding hydrogens is 502 g/mol. The number of carbonyl (C=O) groups excluding carboxylic acids is 3. The number of carbonyl (C=O) groups is 3. The van der Waals surface area contributed by atoms with Gasteiger partial charge in [-0.3, -0.25) is 19.3 Å². The standard InChI is InChI=1S/C24H27N5O5S2/c1-2-33-15-9-7-14(8-10-15)29(24(32)21-18(25)19(22(26)30)28-36-21)20(17-6-4-12-35-17)23(31)27-13-16-5-3-11-34-16/h4,6-10,12,16,20H,2-3,5,11,13,25H2,1H3,(H2,26,30)(H,27,31)/t16-,20-/m0/s1. The number of ether oxygens (including phenoxy) is 2. The second kappa shape index (κ2) is 11.5. The highest BCUT2D eigenvalue weighted by atomic mass is 32.1. The molecule has 10 nitrogen and oxygen atoms in total. The molecule has 1 saturated heterocycles. The number of nitrogens with two attached hydrogens (primary N) is 2.